The van der Waals surface area contributed by atoms with Crippen LogP contribution in [0.5, 0.6) is 0 Å². The van der Waals surface area contributed by atoms with Crippen molar-refractivity contribution in [3.8, 4) is 55.6 Å². The highest BCUT2D eigenvalue weighted by atomic mass is 32.2. The molecule has 17 aromatic carbocycles. The largest absolute Gasteiger partial charge is 0.456 e. The molecule has 1 atom stereocenters. The minimum absolute atomic E-state index is 0.807. The standard InChI is InChI=1S/C103H65N3O2S2/c1-7-28-66(29-8-1)71-61-91(99-80-42-21-25-48-93(80)107-94(99)62-71)106(74-38-17-6-18-39-74)90-46-27-45-88-102(90)110-97-65-76(104(72-34-13-4-14-35-72)77-63-82(68-30-9-2-10-31-68)101-84(64-77)79-41-20-24-47-92(79)108-101)55-57-87(97)103(88)85-44-23-19-40-78(85)83-60-70(52-56-86(83)103)67-50-53-75(54-51-67)105(73-36-15-5-16-37-73)89-58-59-96-100(81-43-22-26-49-95(81)109-96)98(89)69-32-11-3-12-33-69/h1-65H. The second kappa shape index (κ2) is 25.8. The first-order valence-electron chi connectivity index (χ1n) is 37.4. The topological polar surface area (TPSA) is 36.0 Å². The van der Waals surface area contributed by atoms with E-state index in [9.17, 15) is 0 Å². The van der Waals surface area contributed by atoms with E-state index in [2.05, 4.69) is 409 Å². The lowest BCUT2D eigenvalue weighted by Gasteiger charge is -2.42. The first kappa shape index (κ1) is 63.6. The summed E-state index contributed by atoms with van der Waals surface area (Å²) in [5, 5.41) is 6.78. The summed E-state index contributed by atoms with van der Waals surface area (Å²) in [7, 11) is 0. The van der Waals surface area contributed by atoms with Gasteiger partial charge in [-0.1, -0.05) is 279 Å². The van der Waals surface area contributed by atoms with Gasteiger partial charge in [0.1, 0.15) is 22.3 Å². The summed E-state index contributed by atoms with van der Waals surface area (Å²) in [6, 6.07) is 145. The summed E-state index contributed by atoms with van der Waals surface area (Å²) in [6.07, 6.45) is 0. The SMILES string of the molecule is c1ccc(-c2cc(N(c3ccccc3)c3cccc4c3Sc3cc(N(c5ccccc5)c5cc(-c6ccccc6)c6oc7ccccc7c6c5)ccc3C43c4ccccc4-c4cc(-c5ccc(N(c6ccccc6)c6ccc7sc8ccccc8c7c6-c6ccccc6)cc5)ccc43)c3c(c2)oc2ccccc23)cc1. The van der Waals surface area contributed by atoms with Gasteiger partial charge in [-0.05, 0) is 194 Å². The van der Waals surface area contributed by atoms with E-state index in [4.69, 9.17) is 8.83 Å². The number of furan rings is 2. The van der Waals surface area contributed by atoms with E-state index in [0.717, 1.165) is 138 Å². The fourth-order valence-corrected chi connectivity index (χ4v) is 20.2. The van der Waals surface area contributed by atoms with Gasteiger partial charge >= 0.3 is 0 Å². The Hall–Kier alpha value is -13.7. The third-order valence-corrected chi connectivity index (χ3v) is 24.8. The number of benzene rings is 17. The molecule has 3 aromatic heterocycles. The van der Waals surface area contributed by atoms with Crippen LogP contribution in [0.15, 0.2) is 413 Å². The summed E-state index contributed by atoms with van der Waals surface area (Å²) in [4.78, 5) is 9.70. The lowest BCUT2D eigenvalue weighted by atomic mass is 9.67. The first-order valence-corrected chi connectivity index (χ1v) is 39.1. The Morgan fingerprint density at radius 1 is 0.245 bits per heavy atom. The van der Waals surface area contributed by atoms with Crippen molar-refractivity contribution in [2.75, 3.05) is 14.7 Å². The Kier molecular flexibility index (Phi) is 14.9. The number of hydrogen-bond acceptors (Lipinski definition) is 7. The maximum absolute atomic E-state index is 6.96. The monoisotopic (exact) mass is 1440 g/mol. The number of thiophene rings is 1. The number of hydrogen-bond donors (Lipinski definition) is 0. The Labute approximate surface area is 644 Å². The van der Waals surface area contributed by atoms with Gasteiger partial charge in [0, 0.05) is 91.4 Å². The highest BCUT2D eigenvalue weighted by Gasteiger charge is 2.51. The van der Waals surface area contributed by atoms with Gasteiger partial charge in [0.05, 0.1) is 27.9 Å². The number of para-hydroxylation sites is 5. The minimum Gasteiger partial charge on any atom is -0.456 e. The average Bonchev–Trinajstić information content (AvgIpc) is 1.48. The minimum atomic E-state index is -0.807. The third kappa shape index (κ3) is 10.1. The molecular weight excluding hydrogens is 1380 g/mol. The molecule has 0 saturated carbocycles. The van der Waals surface area contributed by atoms with E-state index in [-0.39, 0.29) is 0 Å². The number of rotatable bonds is 13. The Bertz CT molecular complexity index is 7000. The molecule has 1 spiro atoms. The van der Waals surface area contributed by atoms with Gasteiger partial charge in [-0.15, -0.1) is 11.3 Å². The normalized spacial score (nSPS) is 13.5. The van der Waals surface area contributed by atoms with Crippen LogP contribution in [0.1, 0.15) is 22.3 Å². The third-order valence-electron chi connectivity index (χ3n) is 22.5. The molecule has 1 unspecified atom stereocenters. The zero-order chi connectivity index (χ0) is 72.4. The molecule has 0 amide bonds. The molecule has 7 heteroatoms. The molecule has 4 heterocycles. The van der Waals surface area contributed by atoms with Crippen LogP contribution in [0.25, 0.3) is 120 Å². The smallest absolute Gasteiger partial charge is 0.143 e. The Morgan fingerprint density at radius 2 is 0.800 bits per heavy atom. The van der Waals surface area contributed by atoms with Gasteiger partial charge in [0.2, 0.25) is 0 Å². The molecule has 2 aliphatic rings. The predicted molar refractivity (Wildman–Crippen MR) is 461 cm³/mol. The van der Waals surface area contributed by atoms with Gasteiger partial charge in [0.15, 0.2) is 0 Å². The zero-order valence-electron chi connectivity index (χ0n) is 59.5. The molecule has 0 bridgehead atoms. The molecule has 5 nitrogen and oxygen atoms in total. The lowest BCUT2D eigenvalue weighted by molar-refractivity contribution is 0.669. The van der Waals surface area contributed by atoms with Crippen LogP contribution < -0.4 is 14.7 Å². The fourth-order valence-electron chi connectivity index (χ4n) is 17.7. The van der Waals surface area contributed by atoms with Crippen molar-refractivity contribution in [2.24, 2.45) is 0 Å². The molecule has 0 saturated heterocycles. The second-order valence-electron chi connectivity index (χ2n) is 28.5. The molecule has 1 aliphatic heterocycles. The predicted octanol–water partition coefficient (Wildman–Crippen LogP) is 29.8. The van der Waals surface area contributed by atoms with E-state index in [0.29, 0.717) is 0 Å². The van der Waals surface area contributed by atoms with Crippen molar-refractivity contribution in [1.29, 1.82) is 0 Å². The number of anilines is 9. The van der Waals surface area contributed by atoms with Crippen LogP contribution in [0.3, 0.4) is 0 Å². The van der Waals surface area contributed by atoms with Crippen molar-refractivity contribution >= 4 is 138 Å². The highest BCUT2D eigenvalue weighted by Crippen LogP contribution is 2.66. The zero-order valence-corrected chi connectivity index (χ0v) is 61.1. The van der Waals surface area contributed by atoms with Gasteiger partial charge in [-0.25, -0.2) is 0 Å². The number of fused-ring (bicyclic) bond motifs is 18. The van der Waals surface area contributed by atoms with Crippen molar-refractivity contribution in [3.05, 3.63) is 417 Å². The van der Waals surface area contributed by atoms with Crippen LogP contribution in [0.2, 0.25) is 0 Å². The van der Waals surface area contributed by atoms with Crippen molar-refractivity contribution in [2.45, 2.75) is 15.2 Å². The van der Waals surface area contributed by atoms with Crippen LogP contribution in [0, 0.1) is 0 Å². The highest BCUT2D eigenvalue weighted by molar-refractivity contribution is 7.99. The summed E-state index contributed by atoms with van der Waals surface area (Å²) >= 11 is 3.73. The molecule has 1 aliphatic carbocycles. The van der Waals surface area contributed by atoms with E-state index in [1.807, 2.05) is 23.1 Å². The van der Waals surface area contributed by atoms with Gasteiger partial charge in [-0.3, -0.25) is 0 Å². The summed E-state index contributed by atoms with van der Waals surface area (Å²) < 4.78 is 16.4. The van der Waals surface area contributed by atoms with Crippen LogP contribution in [-0.4, -0.2) is 0 Å². The van der Waals surface area contributed by atoms with E-state index < -0.39 is 5.41 Å². The first-order chi connectivity index (χ1) is 54.6. The molecule has 22 rings (SSSR count). The fraction of sp³-hybridized carbons (Fsp3) is 0.00971. The van der Waals surface area contributed by atoms with E-state index in [1.54, 1.807) is 0 Å². The summed E-state index contributed by atoms with van der Waals surface area (Å²) in [6.45, 7) is 0. The molecule has 0 fully saturated rings. The molecule has 516 valence electrons. The molecule has 0 N–H and O–H groups in total. The van der Waals surface area contributed by atoms with Crippen LogP contribution >= 0.6 is 23.1 Å². The lowest BCUT2D eigenvalue weighted by Crippen LogP contribution is -2.32. The molecule has 0 radical (unpaired) electrons. The van der Waals surface area contributed by atoms with Crippen LogP contribution in [0.4, 0.5) is 51.2 Å². The molecule has 20 aromatic rings. The van der Waals surface area contributed by atoms with Crippen molar-refractivity contribution < 1.29 is 8.83 Å². The summed E-state index contributed by atoms with van der Waals surface area (Å²) in [5.74, 6) is 0. The van der Waals surface area contributed by atoms with E-state index >= 15 is 0 Å². The van der Waals surface area contributed by atoms with E-state index in [1.165, 1.54) is 64.7 Å². The van der Waals surface area contributed by atoms with Gasteiger partial charge in [-0.2, -0.15) is 0 Å². The summed E-state index contributed by atoms with van der Waals surface area (Å²) in [5.41, 5.74) is 28.3. The average molecular weight is 1440 g/mol. The van der Waals surface area contributed by atoms with Crippen LogP contribution in [-0.2, 0) is 5.41 Å². The number of nitrogens with zero attached hydrogens (tertiary/aromatic N) is 3. The Morgan fingerprint density at radius 3 is 1.54 bits per heavy atom. The molecule has 110 heavy (non-hydrogen) atoms. The van der Waals surface area contributed by atoms with Crippen molar-refractivity contribution in [3.63, 3.8) is 0 Å². The Balaban J connectivity index is 0.761. The maximum atomic E-state index is 6.96. The van der Waals surface area contributed by atoms with Gasteiger partial charge in [0.25, 0.3) is 0 Å². The maximum Gasteiger partial charge on any atom is 0.143 e. The quantitative estimate of drug-likeness (QED) is 0.114. The second-order valence-corrected chi connectivity index (χ2v) is 30.7. The van der Waals surface area contributed by atoms with Crippen molar-refractivity contribution in [1.82, 2.24) is 0 Å². The molecular formula is C103H65N3O2S2. The van der Waals surface area contributed by atoms with Gasteiger partial charge < -0.3 is 23.5 Å².